The lowest BCUT2D eigenvalue weighted by atomic mass is 10.2. The molecule has 2 unspecified atom stereocenters. The van der Waals surface area contributed by atoms with Crippen LogP contribution in [0.25, 0.3) is 0 Å². The zero-order chi connectivity index (χ0) is 14.8. The lowest BCUT2D eigenvalue weighted by Gasteiger charge is -2.19. The lowest BCUT2D eigenvalue weighted by Crippen LogP contribution is -2.43. The van der Waals surface area contributed by atoms with E-state index in [0.29, 0.717) is 11.4 Å². The van der Waals surface area contributed by atoms with E-state index in [9.17, 15) is 8.42 Å². The van der Waals surface area contributed by atoms with Crippen molar-refractivity contribution in [3.63, 3.8) is 0 Å². The highest BCUT2D eigenvalue weighted by Crippen LogP contribution is 2.18. The van der Waals surface area contributed by atoms with E-state index < -0.39 is 10.0 Å². The molecule has 2 atom stereocenters. The number of likely N-dealkylation sites (tertiary alicyclic amines) is 1. The van der Waals surface area contributed by atoms with Crippen LogP contribution in [0.1, 0.15) is 12.5 Å². The Morgan fingerprint density at radius 1 is 1.35 bits per heavy atom. The molecule has 5 nitrogen and oxygen atoms in total. The molecule has 1 heterocycles. The highest BCUT2D eigenvalue weighted by atomic mass is 32.2. The number of hydrogen-bond acceptors (Lipinski definition) is 4. The van der Waals surface area contributed by atoms with Crippen molar-refractivity contribution in [2.75, 3.05) is 26.7 Å². The van der Waals surface area contributed by atoms with Crippen molar-refractivity contribution in [1.82, 2.24) is 9.62 Å². The van der Waals surface area contributed by atoms with Gasteiger partial charge in [0.2, 0.25) is 10.0 Å². The summed E-state index contributed by atoms with van der Waals surface area (Å²) >= 11 is 0. The number of likely N-dealkylation sites (N-methyl/N-ethyl adjacent to an activating group) is 1. The van der Waals surface area contributed by atoms with Gasteiger partial charge in [-0.05, 0) is 25.1 Å². The molecule has 0 radical (unpaired) electrons. The van der Waals surface area contributed by atoms with Crippen LogP contribution >= 0.6 is 0 Å². The molecule has 20 heavy (non-hydrogen) atoms. The van der Waals surface area contributed by atoms with E-state index in [4.69, 9.17) is 4.74 Å². The zero-order valence-corrected chi connectivity index (χ0v) is 13.0. The minimum absolute atomic E-state index is 0.103. The van der Waals surface area contributed by atoms with Crippen molar-refractivity contribution >= 4 is 10.0 Å². The summed E-state index contributed by atoms with van der Waals surface area (Å²) in [7, 11) is -1.88. The number of nitrogens with zero attached hydrogens (tertiary/aromatic N) is 1. The first kappa shape index (κ1) is 15.4. The quantitative estimate of drug-likeness (QED) is 0.881. The van der Waals surface area contributed by atoms with E-state index >= 15 is 0 Å². The van der Waals surface area contributed by atoms with Crippen LogP contribution in [0.3, 0.4) is 0 Å². The summed E-state index contributed by atoms with van der Waals surface area (Å²) in [5.41, 5.74) is 0.749. The highest BCUT2D eigenvalue weighted by molar-refractivity contribution is 7.89. The fourth-order valence-corrected chi connectivity index (χ4v) is 4.08. The third-order valence-corrected chi connectivity index (χ3v) is 5.43. The third-order valence-electron chi connectivity index (χ3n) is 3.78. The summed E-state index contributed by atoms with van der Waals surface area (Å²) in [5.74, 6) is 0. The topological polar surface area (TPSA) is 58.6 Å². The molecule has 1 aliphatic rings. The Balaban J connectivity index is 2.18. The predicted molar refractivity (Wildman–Crippen MR) is 78.2 cm³/mol. The summed E-state index contributed by atoms with van der Waals surface area (Å²) < 4.78 is 33.1. The molecule has 0 bridgehead atoms. The summed E-state index contributed by atoms with van der Waals surface area (Å²) in [6, 6.07) is 6.80. The molecule has 0 spiro atoms. The van der Waals surface area contributed by atoms with Crippen LogP contribution in [0, 0.1) is 6.92 Å². The smallest absolute Gasteiger partial charge is 0.241 e. The van der Waals surface area contributed by atoms with Gasteiger partial charge in [0, 0.05) is 20.2 Å². The molecule has 0 aliphatic carbocycles. The van der Waals surface area contributed by atoms with Crippen molar-refractivity contribution in [3.05, 3.63) is 29.8 Å². The number of nitrogens with one attached hydrogen (secondary N) is 1. The highest BCUT2D eigenvalue weighted by Gasteiger charge is 2.35. The molecule has 0 aromatic heterocycles. The molecular formula is C14H22N2O3S. The first-order valence-electron chi connectivity index (χ1n) is 6.81. The fraction of sp³-hybridized carbons (Fsp3) is 0.571. The van der Waals surface area contributed by atoms with Crippen LogP contribution in [0.2, 0.25) is 0 Å². The molecule has 1 aliphatic heterocycles. The van der Waals surface area contributed by atoms with Gasteiger partial charge in [0.25, 0.3) is 0 Å². The fourth-order valence-electron chi connectivity index (χ4n) is 2.58. The standard InChI is InChI=1S/C14H22N2O3S/c1-4-16-9-12(13(10-16)19-3)15-20(17,18)14-8-6-5-7-11(14)2/h5-8,12-13,15H,4,9-10H2,1-3H3. The van der Waals surface area contributed by atoms with Crippen LogP contribution < -0.4 is 4.72 Å². The van der Waals surface area contributed by atoms with E-state index in [0.717, 1.165) is 18.7 Å². The third kappa shape index (κ3) is 3.20. The minimum Gasteiger partial charge on any atom is -0.378 e. The molecular weight excluding hydrogens is 276 g/mol. The van der Waals surface area contributed by atoms with Crippen molar-refractivity contribution in [3.8, 4) is 0 Å². The molecule has 1 aromatic rings. The van der Waals surface area contributed by atoms with Crippen molar-refractivity contribution in [1.29, 1.82) is 0 Å². The van der Waals surface area contributed by atoms with Gasteiger partial charge >= 0.3 is 0 Å². The van der Waals surface area contributed by atoms with E-state index in [2.05, 4.69) is 16.5 Å². The van der Waals surface area contributed by atoms with Crippen molar-refractivity contribution in [2.24, 2.45) is 0 Å². The lowest BCUT2D eigenvalue weighted by molar-refractivity contribution is 0.0954. The molecule has 6 heteroatoms. The van der Waals surface area contributed by atoms with Gasteiger partial charge in [0.1, 0.15) is 0 Å². The summed E-state index contributed by atoms with van der Waals surface area (Å²) in [6.07, 6.45) is -0.103. The SMILES string of the molecule is CCN1CC(NS(=O)(=O)c2ccccc2C)C(OC)C1. The van der Waals surface area contributed by atoms with Crippen molar-refractivity contribution < 1.29 is 13.2 Å². The molecule has 1 saturated heterocycles. The maximum atomic E-state index is 12.5. The largest absolute Gasteiger partial charge is 0.378 e. The van der Waals surface area contributed by atoms with E-state index in [1.165, 1.54) is 0 Å². The average Bonchev–Trinajstić information content (AvgIpc) is 2.80. The Hall–Kier alpha value is -0.950. The molecule has 1 N–H and O–H groups in total. The summed E-state index contributed by atoms with van der Waals surface area (Å²) in [6.45, 7) is 6.19. The minimum atomic E-state index is -3.51. The number of ether oxygens (including phenoxy) is 1. The van der Waals surface area contributed by atoms with E-state index in [-0.39, 0.29) is 12.1 Å². The molecule has 0 amide bonds. The second-order valence-corrected chi connectivity index (χ2v) is 6.80. The monoisotopic (exact) mass is 298 g/mol. The maximum Gasteiger partial charge on any atom is 0.241 e. The van der Waals surface area contributed by atoms with Crippen LogP contribution in [0.4, 0.5) is 0 Å². The summed E-state index contributed by atoms with van der Waals surface area (Å²) in [5, 5.41) is 0. The molecule has 1 aromatic carbocycles. The number of methoxy groups -OCH3 is 1. The Labute approximate surface area is 121 Å². The number of sulfonamides is 1. The van der Waals surface area contributed by atoms with Crippen molar-refractivity contribution in [2.45, 2.75) is 30.9 Å². The van der Waals surface area contributed by atoms with Gasteiger partial charge in [-0.25, -0.2) is 13.1 Å². The number of rotatable bonds is 5. The van der Waals surface area contributed by atoms with E-state index in [1.54, 1.807) is 32.2 Å². The van der Waals surface area contributed by atoms with Gasteiger partial charge in [-0.1, -0.05) is 25.1 Å². The normalized spacial score (nSPS) is 24.1. The van der Waals surface area contributed by atoms with Gasteiger partial charge in [0.05, 0.1) is 17.0 Å². The van der Waals surface area contributed by atoms with Crippen LogP contribution in [0.15, 0.2) is 29.2 Å². The van der Waals surface area contributed by atoms with Gasteiger partial charge in [-0.2, -0.15) is 0 Å². The van der Waals surface area contributed by atoms with E-state index in [1.807, 2.05) is 6.07 Å². The zero-order valence-electron chi connectivity index (χ0n) is 12.2. The Morgan fingerprint density at radius 3 is 2.65 bits per heavy atom. The average molecular weight is 298 g/mol. The van der Waals surface area contributed by atoms with Gasteiger partial charge in [-0.15, -0.1) is 0 Å². The molecule has 1 fully saturated rings. The van der Waals surface area contributed by atoms with Gasteiger partial charge < -0.3 is 4.74 Å². The first-order valence-corrected chi connectivity index (χ1v) is 8.29. The Morgan fingerprint density at radius 2 is 2.05 bits per heavy atom. The number of hydrogen-bond donors (Lipinski definition) is 1. The van der Waals surface area contributed by atoms with Gasteiger partial charge in [0.15, 0.2) is 0 Å². The Kier molecular flexibility index (Phi) is 4.80. The maximum absolute atomic E-state index is 12.5. The number of benzene rings is 1. The summed E-state index contributed by atoms with van der Waals surface area (Å²) in [4.78, 5) is 2.52. The second-order valence-electron chi connectivity index (χ2n) is 5.12. The molecule has 2 rings (SSSR count). The number of aryl methyl sites for hydroxylation is 1. The molecule has 0 saturated carbocycles. The predicted octanol–water partition coefficient (Wildman–Crippen LogP) is 0.992. The van der Waals surface area contributed by atoms with Crippen LogP contribution in [-0.4, -0.2) is 52.2 Å². The first-order chi connectivity index (χ1) is 9.47. The van der Waals surface area contributed by atoms with Crippen LogP contribution in [-0.2, 0) is 14.8 Å². The second kappa shape index (κ2) is 6.22. The van der Waals surface area contributed by atoms with Gasteiger partial charge in [-0.3, -0.25) is 4.90 Å². The van der Waals surface area contributed by atoms with Crippen LogP contribution in [0.5, 0.6) is 0 Å². The molecule has 112 valence electrons. The Bertz CT molecular complexity index is 559.